The molecular weight excluding hydrogens is 352 g/mol. The molecule has 0 aliphatic rings. The number of nitrogens with one attached hydrogen (secondary N) is 1. The first-order valence-electron chi connectivity index (χ1n) is 9.03. The van der Waals surface area contributed by atoms with Crippen LogP contribution >= 0.6 is 0 Å². The van der Waals surface area contributed by atoms with Gasteiger partial charge in [-0.2, -0.15) is 0 Å². The SMILES string of the molecule is Nc1ccc(C(=O)OCC(=O)N[C@@H](Cc2ccccc2)c2ccccc2)cc1. The molecule has 0 saturated heterocycles. The Morgan fingerprint density at radius 1 is 0.857 bits per heavy atom. The van der Waals surface area contributed by atoms with Crippen LogP contribution in [0.2, 0.25) is 0 Å². The molecule has 28 heavy (non-hydrogen) atoms. The van der Waals surface area contributed by atoms with Crippen LogP contribution in [0.3, 0.4) is 0 Å². The molecule has 0 aliphatic heterocycles. The highest BCUT2D eigenvalue weighted by molar-refractivity contribution is 5.91. The monoisotopic (exact) mass is 374 g/mol. The van der Waals surface area contributed by atoms with Gasteiger partial charge in [0.2, 0.25) is 0 Å². The summed E-state index contributed by atoms with van der Waals surface area (Å²) in [7, 11) is 0. The molecule has 3 N–H and O–H groups in total. The van der Waals surface area contributed by atoms with Crippen molar-refractivity contribution in [3.05, 3.63) is 102 Å². The van der Waals surface area contributed by atoms with Gasteiger partial charge < -0.3 is 15.8 Å². The van der Waals surface area contributed by atoms with Crippen LogP contribution < -0.4 is 11.1 Å². The van der Waals surface area contributed by atoms with E-state index >= 15 is 0 Å². The molecule has 0 fully saturated rings. The third-order valence-corrected chi connectivity index (χ3v) is 4.30. The quantitative estimate of drug-likeness (QED) is 0.490. The fourth-order valence-electron chi connectivity index (χ4n) is 2.86. The molecule has 1 amide bonds. The number of ether oxygens (including phenoxy) is 1. The normalized spacial score (nSPS) is 11.4. The smallest absolute Gasteiger partial charge is 0.338 e. The summed E-state index contributed by atoms with van der Waals surface area (Å²) in [6.07, 6.45) is 0.641. The number of hydrogen-bond donors (Lipinski definition) is 2. The lowest BCUT2D eigenvalue weighted by molar-refractivity contribution is -0.125. The van der Waals surface area contributed by atoms with Gasteiger partial charge in [-0.25, -0.2) is 4.79 Å². The van der Waals surface area contributed by atoms with Crippen LogP contribution in [0.5, 0.6) is 0 Å². The number of esters is 1. The maximum absolute atomic E-state index is 12.4. The van der Waals surface area contributed by atoms with Gasteiger partial charge in [0.1, 0.15) is 0 Å². The van der Waals surface area contributed by atoms with Gasteiger partial charge in [-0.1, -0.05) is 60.7 Å². The van der Waals surface area contributed by atoms with Gasteiger partial charge in [-0.05, 0) is 41.8 Å². The predicted octanol–water partition coefficient (Wildman–Crippen LogP) is 3.53. The van der Waals surface area contributed by atoms with Crippen LogP contribution in [0.15, 0.2) is 84.9 Å². The summed E-state index contributed by atoms with van der Waals surface area (Å²) in [5, 5.41) is 2.96. The van der Waals surface area contributed by atoms with E-state index in [2.05, 4.69) is 5.32 Å². The minimum Gasteiger partial charge on any atom is -0.452 e. The highest BCUT2D eigenvalue weighted by atomic mass is 16.5. The van der Waals surface area contributed by atoms with Crippen LogP contribution in [0.25, 0.3) is 0 Å². The Morgan fingerprint density at radius 2 is 1.46 bits per heavy atom. The van der Waals surface area contributed by atoms with Crippen LogP contribution in [0.4, 0.5) is 5.69 Å². The van der Waals surface area contributed by atoms with E-state index in [4.69, 9.17) is 10.5 Å². The second-order valence-electron chi connectivity index (χ2n) is 6.42. The number of benzene rings is 3. The molecule has 0 aliphatic carbocycles. The van der Waals surface area contributed by atoms with E-state index in [9.17, 15) is 9.59 Å². The molecule has 0 unspecified atom stereocenters. The van der Waals surface area contributed by atoms with Crippen LogP contribution in [-0.4, -0.2) is 18.5 Å². The van der Waals surface area contributed by atoms with Crippen molar-refractivity contribution in [2.45, 2.75) is 12.5 Å². The Kier molecular flexibility index (Phi) is 6.41. The summed E-state index contributed by atoms with van der Waals surface area (Å²) in [5.74, 6) is -0.914. The van der Waals surface area contributed by atoms with Gasteiger partial charge in [-0.15, -0.1) is 0 Å². The summed E-state index contributed by atoms with van der Waals surface area (Å²) in [5.41, 5.74) is 8.61. The minimum atomic E-state index is -0.561. The highest BCUT2D eigenvalue weighted by Gasteiger charge is 2.17. The first-order chi connectivity index (χ1) is 13.6. The summed E-state index contributed by atoms with van der Waals surface area (Å²) >= 11 is 0. The van der Waals surface area contributed by atoms with Gasteiger partial charge in [-0.3, -0.25) is 4.79 Å². The summed E-state index contributed by atoms with van der Waals surface area (Å²) in [4.78, 5) is 24.5. The molecule has 142 valence electrons. The molecule has 0 heterocycles. The Hall–Kier alpha value is -3.60. The van der Waals surface area contributed by atoms with Crippen LogP contribution in [-0.2, 0) is 16.0 Å². The Balaban J connectivity index is 1.62. The molecular formula is C23H22N2O3. The Morgan fingerprint density at radius 3 is 2.11 bits per heavy atom. The van der Waals surface area contributed by atoms with Crippen molar-refractivity contribution in [2.75, 3.05) is 12.3 Å². The van der Waals surface area contributed by atoms with Crippen LogP contribution in [0.1, 0.15) is 27.5 Å². The lowest BCUT2D eigenvalue weighted by Gasteiger charge is -2.19. The van der Waals surface area contributed by atoms with Crippen molar-refractivity contribution in [2.24, 2.45) is 0 Å². The zero-order valence-corrected chi connectivity index (χ0v) is 15.4. The maximum atomic E-state index is 12.4. The van der Waals surface area contributed by atoms with E-state index in [0.717, 1.165) is 11.1 Å². The fraction of sp³-hybridized carbons (Fsp3) is 0.130. The van der Waals surface area contributed by atoms with E-state index in [1.54, 1.807) is 24.3 Å². The van der Waals surface area contributed by atoms with Crippen LogP contribution in [0, 0.1) is 0 Å². The minimum absolute atomic E-state index is 0.216. The van der Waals surface area contributed by atoms with E-state index in [1.807, 2.05) is 60.7 Å². The molecule has 1 atom stereocenters. The number of carbonyl (C=O) groups is 2. The number of nitrogen functional groups attached to an aromatic ring is 1. The lowest BCUT2D eigenvalue weighted by atomic mass is 9.99. The molecule has 0 aromatic heterocycles. The van der Waals surface area contributed by atoms with Crippen molar-refractivity contribution in [1.29, 1.82) is 0 Å². The first kappa shape index (κ1) is 19.2. The summed E-state index contributed by atoms with van der Waals surface area (Å²) in [6, 6.07) is 25.8. The molecule has 3 rings (SSSR count). The fourth-order valence-corrected chi connectivity index (χ4v) is 2.86. The Bertz CT molecular complexity index is 910. The summed E-state index contributed by atoms with van der Waals surface area (Å²) in [6.45, 7) is -0.346. The average molecular weight is 374 g/mol. The van der Waals surface area contributed by atoms with E-state index in [-0.39, 0.29) is 18.6 Å². The molecule has 0 spiro atoms. The first-order valence-corrected chi connectivity index (χ1v) is 9.03. The molecule has 0 bridgehead atoms. The standard InChI is InChI=1S/C23H22N2O3/c24-20-13-11-19(12-14-20)23(27)28-16-22(26)25-21(18-9-5-2-6-10-18)15-17-7-3-1-4-8-17/h1-14,21H,15-16,24H2,(H,25,26)/t21-/m0/s1. The Labute approximate surface area is 164 Å². The van der Waals surface area contributed by atoms with Crippen molar-refractivity contribution in [3.63, 3.8) is 0 Å². The number of amides is 1. The molecule has 0 saturated carbocycles. The number of rotatable bonds is 7. The second kappa shape index (κ2) is 9.37. The van der Waals surface area contributed by atoms with Gasteiger partial charge >= 0.3 is 5.97 Å². The molecule has 3 aromatic carbocycles. The van der Waals surface area contributed by atoms with Crippen molar-refractivity contribution >= 4 is 17.6 Å². The molecule has 5 nitrogen and oxygen atoms in total. The lowest BCUT2D eigenvalue weighted by Crippen LogP contribution is -2.33. The largest absolute Gasteiger partial charge is 0.452 e. The topological polar surface area (TPSA) is 81.4 Å². The van der Waals surface area contributed by atoms with Crippen molar-refractivity contribution in [1.82, 2.24) is 5.32 Å². The number of carbonyl (C=O) groups excluding carboxylic acids is 2. The number of hydrogen-bond acceptors (Lipinski definition) is 4. The zero-order valence-electron chi connectivity index (χ0n) is 15.4. The highest BCUT2D eigenvalue weighted by Crippen LogP contribution is 2.18. The zero-order chi connectivity index (χ0) is 19.8. The maximum Gasteiger partial charge on any atom is 0.338 e. The predicted molar refractivity (Wildman–Crippen MR) is 109 cm³/mol. The van der Waals surface area contributed by atoms with Crippen molar-refractivity contribution in [3.8, 4) is 0 Å². The van der Waals surface area contributed by atoms with Gasteiger partial charge in [0.25, 0.3) is 5.91 Å². The number of anilines is 1. The van der Waals surface area contributed by atoms with E-state index in [0.29, 0.717) is 17.7 Å². The van der Waals surface area contributed by atoms with Gasteiger partial charge in [0, 0.05) is 5.69 Å². The van der Waals surface area contributed by atoms with Crippen molar-refractivity contribution < 1.29 is 14.3 Å². The third kappa shape index (κ3) is 5.45. The van der Waals surface area contributed by atoms with Gasteiger partial charge in [0.15, 0.2) is 6.61 Å². The molecule has 3 aromatic rings. The van der Waals surface area contributed by atoms with E-state index in [1.165, 1.54) is 0 Å². The second-order valence-corrected chi connectivity index (χ2v) is 6.42. The average Bonchev–Trinajstić information content (AvgIpc) is 2.73. The molecule has 5 heteroatoms. The third-order valence-electron chi connectivity index (χ3n) is 4.30. The summed E-state index contributed by atoms with van der Waals surface area (Å²) < 4.78 is 5.12. The van der Waals surface area contributed by atoms with E-state index < -0.39 is 5.97 Å². The molecule has 0 radical (unpaired) electrons. The number of nitrogens with two attached hydrogens (primary N) is 1. The van der Waals surface area contributed by atoms with Gasteiger partial charge in [0.05, 0.1) is 11.6 Å².